The molecule has 17 heavy (non-hydrogen) atoms. The van der Waals surface area contributed by atoms with Crippen LogP contribution in [0.5, 0.6) is 5.75 Å². The maximum atomic E-state index is 11.5. The van der Waals surface area contributed by atoms with Gasteiger partial charge in [-0.15, -0.1) is 0 Å². The van der Waals surface area contributed by atoms with E-state index in [-0.39, 0.29) is 11.8 Å². The van der Waals surface area contributed by atoms with Crippen LogP contribution in [0.1, 0.15) is 24.2 Å². The van der Waals surface area contributed by atoms with Gasteiger partial charge in [-0.05, 0) is 30.2 Å². The van der Waals surface area contributed by atoms with Crippen LogP contribution in [0.3, 0.4) is 0 Å². The molecule has 1 atom stereocenters. The second kappa shape index (κ2) is 6.00. The fraction of sp³-hybridized carbons (Fsp3) is 0.333. The lowest BCUT2D eigenvalue weighted by molar-refractivity contribution is -0.129. The Bertz CT molecular complexity index is 387. The van der Waals surface area contributed by atoms with Crippen LogP contribution in [0, 0.1) is 5.92 Å². The predicted molar refractivity (Wildman–Crippen MR) is 63.4 cm³/mol. The Kier molecular flexibility index (Phi) is 4.66. The highest BCUT2D eigenvalue weighted by Crippen LogP contribution is 2.16. The Morgan fingerprint density at radius 2 is 1.94 bits per heavy atom. The molecule has 1 aromatic rings. The van der Waals surface area contributed by atoms with Gasteiger partial charge >= 0.3 is 0 Å². The van der Waals surface area contributed by atoms with E-state index in [2.05, 4.69) is 5.43 Å². The topological polar surface area (TPSA) is 81.4 Å². The second-order valence-corrected chi connectivity index (χ2v) is 3.98. The number of rotatable bonds is 5. The van der Waals surface area contributed by atoms with E-state index in [0.29, 0.717) is 11.3 Å². The maximum absolute atomic E-state index is 11.5. The molecule has 0 aliphatic carbocycles. The molecule has 0 aliphatic heterocycles. The summed E-state index contributed by atoms with van der Waals surface area (Å²) in [7, 11) is 0. The molecule has 1 rings (SSSR count). The molecule has 0 aliphatic rings. The second-order valence-electron chi connectivity index (χ2n) is 3.98. The molecule has 0 bridgehead atoms. The molecule has 5 heteroatoms. The summed E-state index contributed by atoms with van der Waals surface area (Å²) < 4.78 is 5.52. The van der Waals surface area contributed by atoms with Gasteiger partial charge in [0.15, 0.2) is 6.10 Å². The van der Waals surface area contributed by atoms with Crippen molar-refractivity contribution in [2.45, 2.75) is 20.0 Å². The third-order valence-corrected chi connectivity index (χ3v) is 2.29. The number of aldehydes is 1. The van der Waals surface area contributed by atoms with Crippen LogP contribution in [0.4, 0.5) is 0 Å². The van der Waals surface area contributed by atoms with Crippen molar-refractivity contribution < 1.29 is 14.3 Å². The molecule has 1 aromatic carbocycles. The molecule has 0 saturated carbocycles. The first-order valence-electron chi connectivity index (χ1n) is 5.31. The molecule has 0 heterocycles. The zero-order chi connectivity index (χ0) is 12.8. The zero-order valence-corrected chi connectivity index (χ0v) is 9.84. The van der Waals surface area contributed by atoms with Crippen LogP contribution in [0.2, 0.25) is 0 Å². The summed E-state index contributed by atoms with van der Waals surface area (Å²) in [6, 6.07) is 6.53. The lowest BCUT2D eigenvalue weighted by Gasteiger charge is -2.20. The van der Waals surface area contributed by atoms with Crippen molar-refractivity contribution in [3.63, 3.8) is 0 Å². The number of amides is 1. The van der Waals surface area contributed by atoms with Gasteiger partial charge in [0.25, 0.3) is 5.91 Å². The van der Waals surface area contributed by atoms with Gasteiger partial charge in [-0.25, -0.2) is 5.84 Å². The monoisotopic (exact) mass is 236 g/mol. The Balaban J connectivity index is 2.78. The minimum Gasteiger partial charge on any atom is -0.480 e. The molecule has 1 amide bonds. The van der Waals surface area contributed by atoms with E-state index < -0.39 is 6.10 Å². The highest BCUT2D eigenvalue weighted by atomic mass is 16.5. The smallest absolute Gasteiger partial charge is 0.275 e. The van der Waals surface area contributed by atoms with Gasteiger partial charge < -0.3 is 4.74 Å². The Hall–Kier alpha value is -1.88. The van der Waals surface area contributed by atoms with E-state index in [1.807, 2.05) is 13.8 Å². The number of ether oxygens (including phenoxy) is 1. The number of hydrogen-bond donors (Lipinski definition) is 2. The molecular weight excluding hydrogens is 220 g/mol. The van der Waals surface area contributed by atoms with Crippen LogP contribution in [0.25, 0.3) is 0 Å². The van der Waals surface area contributed by atoms with Gasteiger partial charge in [-0.3, -0.25) is 15.0 Å². The van der Waals surface area contributed by atoms with Crippen molar-refractivity contribution in [3.8, 4) is 5.75 Å². The largest absolute Gasteiger partial charge is 0.480 e. The van der Waals surface area contributed by atoms with Gasteiger partial charge in [0.1, 0.15) is 12.0 Å². The summed E-state index contributed by atoms with van der Waals surface area (Å²) in [6.07, 6.45) is 0.0955. The molecule has 0 aromatic heterocycles. The van der Waals surface area contributed by atoms with E-state index in [9.17, 15) is 9.59 Å². The Morgan fingerprint density at radius 3 is 2.35 bits per heavy atom. The van der Waals surface area contributed by atoms with Crippen LogP contribution in [-0.4, -0.2) is 18.3 Å². The number of benzene rings is 1. The number of carbonyl (C=O) groups excluding carboxylic acids is 2. The first kappa shape index (κ1) is 13.2. The number of hydrazine groups is 1. The zero-order valence-electron chi connectivity index (χ0n) is 9.84. The van der Waals surface area contributed by atoms with Crippen molar-refractivity contribution in [2.75, 3.05) is 0 Å². The lowest BCUT2D eigenvalue weighted by Crippen LogP contribution is -2.44. The number of nitrogens with two attached hydrogens (primary N) is 1. The van der Waals surface area contributed by atoms with E-state index in [1.165, 1.54) is 0 Å². The van der Waals surface area contributed by atoms with Crippen LogP contribution in [-0.2, 0) is 4.79 Å². The van der Waals surface area contributed by atoms with Gasteiger partial charge in [-0.2, -0.15) is 0 Å². The predicted octanol–water partition coefficient (Wildman–Crippen LogP) is 0.892. The van der Waals surface area contributed by atoms with Crippen LogP contribution < -0.4 is 16.0 Å². The Labute approximate surface area is 99.9 Å². The summed E-state index contributed by atoms with van der Waals surface area (Å²) in [5.41, 5.74) is 2.63. The van der Waals surface area contributed by atoms with Crippen molar-refractivity contribution in [3.05, 3.63) is 29.8 Å². The first-order chi connectivity index (χ1) is 8.08. The third-order valence-electron chi connectivity index (χ3n) is 2.29. The molecule has 5 nitrogen and oxygen atoms in total. The molecule has 0 fully saturated rings. The molecule has 1 unspecified atom stereocenters. The summed E-state index contributed by atoms with van der Waals surface area (Å²) in [5, 5.41) is 0. The van der Waals surface area contributed by atoms with E-state index in [0.717, 1.165) is 6.29 Å². The van der Waals surface area contributed by atoms with E-state index in [1.54, 1.807) is 24.3 Å². The lowest BCUT2D eigenvalue weighted by atomic mass is 10.1. The van der Waals surface area contributed by atoms with Gasteiger partial charge in [0.2, 0.25) is 0 Å². The van der Waals surface area contributed by atoms with Gasteiger partial charge in [0, 0.05) is 5.56 Å². The van der Waals surface area contributed by atoms with Crippen molar-refractivity contribution in [1.29, 1.82) is 0 Å². The average Bonchev–Trinajstić information content (AvgIpc) is 2.35. The fourth-order valence-corrected chi connectivity index (χ4v) is 1.35. The SMILES string of the molecule is CC(C)C(Oc1ccc(C=O)cc1)C(=O)NN. The number of nitrogens with one attached hydrogen (secondary N) is 1. The molecule has 0 saturated heterocycles. The summed E-state index contributed by atoms with van der Waals surface area (Å²) in [6.45, 7) is 3.72. The van der Waals surface area contributed by atoms with Gasteiger partial charge in [-0.1, -0.05) is 13.8 Å². The fourth-order valence-electron chi connectivity index (χ4n) is 1.35. The van der Waals surface area contributed by atoms with Crippen molar-refractivity contribution in [2.24, 2.45) is 11.8 Å². The van der Waals surface area contributed by atoms with E-state index in [4.69, 9.17) is 10.6 Å². The highest BCUT2D eigenvalue weighted by molar-refractivity contribution is 5.80. The average molecular weight is 236 g/mol. The molecule has 92 valence electrons. The van der Waals surface area contributed by atoms with Crippen molar-refractivity contribution in [1.82, 2.24) is 5.43 Å². The number of hydrogen-bond acceptors (Lipinski definition) is 4. The van der Waals surface area contributed by atoms with Crippen molar-refractivity contribution >= 4 is 12.2 Å². The van der Waals surface area contributed by atoms with Crippen LogP contribution in [0.15, 0.2) is 24.3 Å². The van der Waals surface area contributed by atoms with Gasteiger partial charge in [0.05, 0.1) is 0 Å². The standard InChI is InChI=1S/C12H16N2O3/c1-8(2)11(12(16)14-13)17-10-5-3-9(7-15)4-6-10/h3-8,11H,13H2,1-2H3,(H,14,16). The minimum absolute atomic E-state index is 0.00991. The normalized spacial score (nSPS) is 12.0. The maximum Gasteiger partial charge on any atom is 0.275 e. The summed E-state index contributed by atoms with van der Waals surface area (Å²) in [5.74, 6) is 5.22. The number of carbonyl (C=O) groups is 2. The quantitative estimate of drug-likeness (QED) is 0.344. The highest BCUT2D eigenvalue weighted by Gasteiger charge is 2.23. The first-order valence-corrected chi connectivity index (χ1v) is 5.31. The minimum atomic E-state index is -0.651. The molecule has 0 spiro atoms. The molecule has 0 radical (unpaired) electrons. The molecular formula is C12H16N2O3. The van der Waals surface area contributed by atoms with E-state index >= 15 is 0 Å². The molecule has 3 N–H and O–H groups in total. The third kappa shape index (κ3) is 3.57. The summed E-state index contributed by atoms with van der Waals surface area (Å²) >= 11 is 0. The Morgan fingerprint density at radius 1 is 1.35 bits per heavy atom. The van der Waals surface area contributed by atoms with Crippen LogP contribution >= 0.6 is 0 Å². The summed E-state index contributed by atoms with van der Waals surface area (Å²) in [4.78, 5) is 21.9.